The number of carbonyl (C=O) groups is 2. The number of hydrogen-bond donors (Lipinski definition) is 3. The molecule has 222 valence electrons. The van der Waals surface area contributed by atoms with Gasteiger partial charge in [-0.2, -0.15) is 0 Å². The molecule has 3 N–H and O–H groups in total. The van der Waals surface area contributed by atoms with Crippen LogP contribution in [0.2, 0.25) is 0 Å². The van der Waals surface area contributed by atoms with Gasteiger partial charge in [0.1, 0.15) is 17.5 Å². The average Bonchev–Trinajstić information content (AvgIpc) is 3.34. The third kappa shape index (κ3) is 6.82. The van der Waals surface area contributed by atoms with E-state index in [0.717, 1.165) is 28.3 Å². The molecule has 0 bridgehead atoms. The van der Waals surface area contributed by atoms with E-state index in [1.165, 1.54) is 5.57 Å². The molecule has 0 spiro atoms. The monoisotopic (exact) mass is 591 g/mol. The summed E-state index contributed by atoms with van der Waals surface area (Å²) in [6.45, 7) is 6.62. The summed E-state index contributed by atoms with van der Waals surface area (Å²) in [5, 5.41) is 17.3. The number of ether oxygens (including phenoxy) is 2. The summed E-state index contributed by atoms with van der Waals surface area (Å²) in [4.78, 5) is 27.0. The highest BCUT2D eigenvalue weighted by molar-refractivity contribution is 6.31. The minimum atomic E-state index is -0.693. The number of nitrogens with one attached hydrogen (secondary N) is 2. The molecule has 2 aliphatic heterocycles. The Bertz CT molecular complexity index is 1380. The number of nitrogens with zero attached hydrogens (tertiary/aromatic N) is 1. The maximum absolute atomic E-state index is 13.5. The highest BCUT2D eigenvalue weighted by Crippen LogP contribution is 2.45. The summed E-state index contributed by atoms with van der Waals surface area (Å²) >= 11 is 6.36. The van der Waals surface area contributed by atoms with Crippen LogP contribution in [0, 0.1) is 18.8 Å². The number of amides is 2. The van der Waals surface area contributed by atoms with Gasteiger partial charge in [0.15, 0.2) is 0 Å². The van der Waals surface area contributed by atoms with Crippen molar-refractivity contribution in [3.63, 3.8) is 0 Å². The van der Waals surface area contributed by atoms with E-state index in [9.17, 15) is 14.7 Å². The molecule has 0 radical (unpaired) electrons. The van der Waals surface area contributed by atoms with Crippen LogP contribution in [-0.4, -0.2) is 53.8 Å². The van der Waals surface area contributed by atoms with Crippen molar-refractivity contribution in [2.45, 2.75) is 51.8 Å². The fourth-order valence-corrected chi connectivity index (χ4v) is 5.74. The molecule has 2 heterocycles. The van der Waals surface area contributed by atoms with Gasteiger partial charge >= 0.3 is 6.09 Å². The van der Waals surface area contributed by atoms with E-state index < -0.39 is 12.2 Å². The standard InChI is InChI=1S/C33H38ClN3O5/c1-20(2)32(39)35-19-24(38)15-17-41-25-11-6-22(7-12-25)31-30-27(28-18-23(34)8-13-29(28)36-30)14-16-37(31)33(40)42-26-9-4-21(3)5-10-26/h4-13,18,20,24,28-29,31,36,38H,14-17,19H2,1-3H3,(H,35,39)/t24?,28?,29?,31-/m0/s1. The number of rotatable bonds is 9. The first-order chi connectivity index (χ1) is 20.2. The smallest absolute Gasteiger partial charge is 0.416 e. The van der Waals surface area contributed by atoms with E-state index in [4.69, 9.17) is 21.1 Å². The van der Waals surface area contributed by atoms with Crippen molar-refractivity contribution in [1.82, 2.24) is 15.5 Å². The predicted molar refractivity (Wildman–Crippen MR) is 162 cm³/mol. The van der Waals surface area contributed by atoms with Crippen molar-refractivity contribution < 1.29 is 24.2 Å². The van der Waals surface area contributed by atoms with Gasteiger partial charge in [-0.3, -0.25) is 9.69 Å². The molecule has 5 rings (SSSR count). The Morgan fingerprint density at radius 2 is 1.83 bits per heavy atom. The molecule has 0 saturated carbocycles. The van der Waals surface area contributed by atoms with Crippen LogP contribution in [0.25, 0.3) is 0 Å². The van der Waals surface area contributed by atoms with E-state index in [1.807, 2.05) is 63.2 Å². The highest BCUT2D eigenvalue weighted by Gasteiger charge is 2.43. The molecule has 3 aliphatic rings. The lowest BCUT2D eigenvalue weighted by Gasteiger charge is -2.37. The second-order valence-electron chi connectivity index (χ2n) is 11.3. The molecule has 9 heteroatoms. The molecule has 8 nitrogen and oxygen atoms in total. The fourth-order valence-electron chi connectivity index (χ4n) is 5.53. The van der Waals surface area contributed by atoms with Crippen molar-refractivity contribution in [2.75, 3.05) is 19.7 Å². The molecule has 4 atom stereocenters. The Hall–Kier alpha value is -3.75. The van der Waals surface area contributed by atoms with Gasteiger partial charge in [0.25, 0.3) is 0 Å². The van der Waals surface area contributed by atoms with Gasteiger partial charge in [0.2, 0.25) is 5.91 Å². The van der Waals surface area contributed by atoms with Crippen LogP contribution >= 0.6 is 11.6 Å². The van der Waals surface area contributed by atoms with Crippen LogP contribution in [0.15, 0.2) is 83.1 Å². The highest BCUT2D eigenvalue weighted by atomic mass is 35.5. The SMILES string of the molecule is Cc1ccc(OC(=O)N2CCC3=C(NC4C=CC(Cl)=CC34)[C@@H]2c2ccc(OCCC(O)CNC(=O)C(C)C)cc2)cc1. The van der Waals surface area contributed by atoms with E-state index in [2.05, 4.69) is 22.8 Å². The van der Waals surface area contributed by atoms with E-state index in [-0.39, 0.29) is 36.4 Å². The van der Waals surface area contributed by atoms with Crippen molar-refractivity contribution in [3.8, 4) is 11.5 Å². The predicted octanol–water partition coefficient (Wildman–Crippen LogP) is 5.38. The van der Waals surface area contributed by atoms with E-state index in [0.29, 0.717) is 31.1 Å². The number of carbonyl (C=O) groups excluding carboxylic acids is 2. The van der Waals surface area contributed by atoms with Gasteiger partial charge in [0, 0.05) is 42.1 Å². The Labute approximate surface area is 252 Å². The fraction of sp³-hybridized carbons (Fsp3) is 0.394. The molecule has 0 aromatic heterocycles. The van der Waals surface area contributed by atoms with E-state index in [1.54, 1.807) is 17.0 Å². The minimum Gasteiger partial charge on any atom is -0.493 e. The van der Waals surface area contributed by atoms with Gasteiger partial charge < -0.3 is 25.2 Å². The van der Waals surface area contributed by atoms with Crippen LogP contribution in [0.1, 0.15) is 43.9 Å². The van der Waals surface area contributed by atoms with Gasteiger partial charge in [-0.25, -0.2) is 4.79 Å². The number of aliphatic hydroxyl groups excluding tert-OH is 1. The molecule has 42 heavy (non-hydrogen) atoms. The molecule has 3 unspecified atom stereocenters. The molecular formula is C33H38ClN3O5. The zero-order chi connectivity index (χ0) is 29.8. The zero-order valence-corrected chi connectivity index (χ0v) is 24.9. The molecule has 2 aromatic carbocycles. The summed E-state index contributed by atoms with van der Waals surface area (Å²) < 4.78 is 11.7. The molecule has 0 saturated heterocycles. The van der Waals surface area contributed by atoms with Gasteiger partial charge in [-0.15, -0.1) is 0 Å². The Kier molecular flexibility index (Phi) is 9.24. The zero-order valence-electron chi connectivity index (χ0n) is 24.2. The minimum absolute atomic E-state index is 0.0884. The molecule has 0 fully saturated rings. The lowest BCUT2D eigenvalue weighted by Crippen LogP contribution is -2.43. The largest absolute Gasteiger partial charge is 0.493 e. The first kappa shape index (κ1) is 29.7. The van der Waals surface area contributed by atoms with Crippen LogP contribution in [0.4, 0.5) is 4.79 Å². The number of fused-ring (bicyclic) bond motifs is 2. The number of hydrogen-bond acceptors (Lipinski definition) is 6. The van der Waals surface area contributed by atoms with Crippen LogP contribution in [-0.2, 0) is 4.79 Å². The average molecular weight is 592 g/mol. The van der Waals surface area contributed by atoms with Crippen LogP contribution in [0.3, 0.4) is 0 Å². The van der Waals surface area contributed by atoms with Gasteiger partial charge in [-0.05, 0) is 54.8 Å². The molecule has 2 amide bonds. The van der Waals surface area contributed by atoms with Crippen LogP contribution in [0.5, 0.6) is 11.5 Å². The van der Waals surface area contributed by atoms with Crippen molar-refractivity contribution in [3.05, 3.63) is 94.2 Å². The first-order valence-corrected chi connectivity index (χ1v) is 14.9. The summed E-state index contributed by atoms with van der Waals surface area (Å²) in [6.07, 6.45) is 6.08. The lowest BCUT2D eigenvalue weighted by molar-refractivity contribution is -0.124. The summed E-state index contributed by atoms with van der Waals surface area (Å²) in [6, 6.07) is 14.8. The van der Waals surface area contributed by atoms with Crippen molar-refractivity contribution in [1.29, 1.82) is 0 Å². The summed E-state index contributed by atoms with van der Waals surface area (Å²) in [7, 11) is 0. The first-order valence-electron chi connectivity index (χ1n) is 14.5. The third-order valence-electron chi connectivity index (χ3n) is 7.88. The maximum Gasteiger partial charge on any atom is 0.416 e. The number of aryl methyl sites for hydroxylation is 1. The van der Waals surface area contributed by atoms with E-state index >= 15 is 0 Å². The second kappa shape index (κ2) is 13.0. The van der Waals surface area contributed by atoms with Gasteiger partial charge in [0.05, 0.1) is 18.8 Å². The Balaban J connectivity index is 1.30. The van der Waals surface area contributed by atoms with Gasteiger partial charge in [-0.1, -0.05) is 67.4 Å². The number of halogens is 1. The van der Waals surface area contributed by atoms with Crippen molar-refractivity contribution >= 4 is 23.6 Å². The Morgan fingerprint density at radius 1 is 1.12 bits per heavy atom. The normalized spacial score (nSPS) is 21.7. The number of allylic oxidation sites excluding steroid dienone is 2. The summed E-state index contributed by atoms with van der Waals surface area (Å²) in [5.41, 5.74) is 4.28. The lowest BCUT2D eigenvalue weighted by atomic mass is 9.85. The summed E-state index contributed by atoms with van der Waals surface area (Å²) in [5.74, 6) is 1.09. The van der Waals surface area contributed by atoms with Crippen LogP contribution < -0.4 is 20.1 Å². The topological polar surface area (TPSA) is 100 Å². The number of aliphatic hydroxyl groups is 1. The molecular weight excluding hydrogens is 554 g/mol. The number of benzene rings is 2. The quantitative estimate of drug-likeness (QED) is 0.362. The Morgan fingerprint density at radius 3 is 2.55 bits per heavy atom. The molecule has 1 aliphatic carbocycles. The third-order valence-corrected chi connectivity index (χ3v) is 8.13. The maximum atomic E-state index is 13.5. The molecule has 2 aromatic rings. The van der Waals surface area contributed by atoms with Crippen molar-refractivity contribution in [2.24, 2.45) is 11.8 Å². The second-order valence-corrected chi connectivity index (χ2v) is 11.8.